The molecule has 1 aliphatic heterocycles. The van der Waals surface area contributed by atoms with E-state index < -0.39 is 66.5 Å². The highest BCUT2D eigenvalue weighted by atomic mass is 19.1. The third-order valence-corrected chi connectivity index (χ3v) is 7.35. The number of hydrogen-bond donors (Lipinski definition) is 0. The molecule has 0 spiro atoms. The van der Waals surface area contributed by atoms with Crippen molar-refractivity contribution < 1.29 is 56.9 Å². The van der Waals surface area contributed by atoms with Gasteiger partial charge in [-0.15, -0.1) is 5.10 Å². The molecule has 5 atom stereocenters. The van der Waals surface area contributed by atoms with E-state index >= 15 is 0 Å². The average Bonchev–Trinajstić information content (AvgIpc) is 3.33. The number of Topliss-reactive ketones (excluding diaryl/α,β-unsaturated/α-hetero) is 1. The zero-order valence-corrected chi connectivity index (χ0v) is 26.7. The third kappa shape index (κ3) is 8.19. The normalized spacial score (nSPS) is 22.1. The first-order valence-corrected chi connectivity index (χ1v) is 14.6. The molecule has 1 aromatic heterocycles. The molecule has 3 aromatic rings. The van der Waals surface area contributed by atoms with Crippen molar-refractivity contribution in [3.8, 4) is 11.1 Å². The van der Waals surface area contributed by atoms with Gasteiger partial charge in [0.05, 0.1) is 11.9 Å². The van der Waals surface area contributed by atoms with Crippen LogP contribution in [0.1, 0.15) is 51.4 Å². The van der Waals surface area contributed by atoms with Crippen LogP contribution in [0, 0.1) is 12.7 Å². The van der Waals surface area contributed by atoms with E-state index in [2.05, 4.69) is 5.10 Å². The predicted molar refractivity (Wildman–Crippen MR) is 160 cm³/mol. The van der Waals surface area contributed by atoms with Crippen molar-refractivity contribution in [1.82, 2.24) is 9.94 Å². The highest BCUT2D eigenvalue weighted by Gasteiger charge is 2.65. The van der Waals surface area contributed by atoms with Gasteiger partial charge in [-0.25, -0.2) is 4.39 Å². The van der Waals surface area contributed by atoms with Crippen LogP contribution in [0.2, 0.25) is 0 Å². The number of ether oxygens (including phenoxy) is 5. The Hall–Kier alpha value is -5.11. The second-order valence-corrected chi connectivity index (χ2v) is 11.0. The molecule has 4 rings (SSSR count). The SMILES string of the molecule is CC(=O)OC[C@H]1O[C@](On2ncc(Cc3ccc(-c4ccc(F)cc4)cc3)c2C)(C(C)=O)[C@H](OC(C)=O)[C@@H](OC(C)=O)[C@@H]1OC(C)=O. The van der Waals surface area contributed by atoms with Crippen molar-refractivity contribution in [3.63, 3.8) is 0 Å². The summed E-state index contributed by atoms with van der Waals surface area (Å²) in [5.41, 5.74) is 3.81. The van der Waals surface area contributed by atoms with E-state index in [0.717, 1.165) is 56.2 Å². The zero-order valence-electron chi connectivity index (χ0n) is 26.7. The third-order valence-electron chi connectivity index (χ3n) is 7.35. The second kappa shape index (κ2) is 14.5. The van der Waals surface area contributed by atoms with Crippen LogP contribution >= 0.6 is 0 Å². The van der Waals surface area contributed by atoms with E-state index in [-0.39, 0.29) is 5.82 Å². The maximum atomic E-state index is 13.5. The molecule has 1 fully saturated rings. The fourth-order valence-corrected chi connectivity index (χ4v) is 5.18. The first-order valence-electron chi connectivity index (χ1n) is 14.6. The van der Waals surface area contributed by atoms with E-state index in [9.17, 15) is 28.4 Å². The molecule has 1 aliphatic rings. The molecule has 13 nitrogen and oxygen atoms in total. The molecule has 1 saturated heterocycles. The summed E-state index contributed by atoms with van der Waals surface area (Å²) in [5, 5.41) is 4.28. The lowest BCUT2D eigenvalue weighted by atomic mass is 9.89. The molecule has 0 unspecified atom stereocenters. The van der Waals surface area contributed by atoms with Gasteiger partial charge in [-0.3, -0.25) is 24.0 Å². The van der Waals surface area contributed by atoms with Crippen LogP contribution < -0.4 is 4.84 Å². The molecule has 0 amide bonds. The topological polar surface area (TPSA) is 159 Å². The maximum Gasteiger partial charge on any atom is 0.337 e. The van der Waals surface area contributed by atoms with Gasteiger partial charge in [-0.05, 0) is 35.7 Å². The highest BCUT2D eigenvalue weighted by molar-refractivity contribution is 5.85. The molecule has 0 N–H and O–H groups in total. The summed E-state index contributed by atoms with van der Waals surface area (Å²) in [4.78, 5) is 69.0. The quantitative estimate of drug-likeness (QED) is 0.220. The van der Waals surface area contributed by atoms with Gasteiger partial charge >= 0.3 is 29.7 Å². The van der Waals surface area contributed by atoms with Crippen molar-refractivity contribution in [2.75, 3.05) is 6.61 Å². The van der Waals surface area contributed by atoms with Crippen molar-refractivity contribution in [2.45, 2.75) is 78.2 Å². The Morgan fingerprint density at radius 2 is 1.36 bits per heavy atom. The number of benzene rings is 2. The number of esters is 4. The van der Waals surface area contributed by atoms with Crippen LogP contribution in [0.3, 0.4) is 0 Å². The summed E-state index contributed by atoms with van der Waals surface area (Å²) in [5.74, 6) is -6.96. The van der Waals surface area contributed by atoms with E-state index in [0.29, 0.717) is 17.7 Å². The molecule has 0 radical (unpaired) electrons. The molecule has 14 heteroatoms. The first kappa shape index (κ1) is 34.8. The lowest BCUT2D eigenvalue weighted by Crippen LogP contribution is -2.73. The number of nitrogens with zero attached hydrogens (tertiary/aromatic N) is 2. The maximum absolute atomic E-state index is 13.5. The summed E-state index contributed by atoms with van der Waals surface area (Å²) in [6.45, 7) is 6.57. The average molecular weight is 655 g/mol. The van der Waals surface area contributed by atoms with E-state index in [4.69, 9.17) is 28.5 Å². The molecular formula is C33H35FN2O11. The Labute approximate surface area is 269 Å². The lowest BCUT2D eigenvalue weighted by Gasteiger charge is -2.48. The number of carbonyl (C=O) groups is 5. The van der Waals surface area contributed by atoms with Crippen LogP contribution in [0.25, 0.3) is 11.1 Å². The van der Waals surface area contributed by atoms with Gasteiger partial charge < -0.3 is 28.5 Å². The van der Waals surface area contributed by atoms with Crippen molar-refractivity contribution in [3.05, 3.63) is 77.4 Å². The summed E-state index contributed by atoms with van der Waals surface area (Å²) in [6.07, 6.45) is -4.41. The largest absolute Gasteiger partial charge is 0.463 e. The van der Waals surface area contributed by atoms with Crippen LogP contribution in [-0.2, 0) is 54.1 Å². The molecule has 2 aromatic carbocycles. The molecule has 2 heterocycles. The van der Waals surface area contributed by atoms with Gasteiger partial charge in [0.2, 0.25) is 11.9 Å². The Kier molecular flexibility index (Phi) is 10.8. The molecule has 0 saturated carbocycles. The Balaban J connectivity index is 1.70. The smallest absolute Gasteiger partial charge is 0.337 e. The zero-order chi connectivity index (χ0) is 34.5. The van der Waals surface area contributed by atoms with E-state index in [1.54, 1.807) is 19.1 Å². The number of halogens is 1. The Bertz CT molecular complexity index is 1640. The van der Waals surface area contributed by atoms with Crippen molar-refractivity contribution in [2.24, 2.45) is 0 Å². The summed E-state index contributed by atoms with van der Waals surface area (Å²) < 4.78 is 40.9. The molecular weight excluding hydrogens is 619 g/mol. The van der Waals surface area contributed by atoms with Gasteiger partial charge in [-0.1, -0.05) is 41.2 Å². The molecule has 0 aliphatic carbocycles. The summed E-state index contributed by atoms with van der Waals surface area (Å²) in [7, 11) is 0. The monoisotopic (exact) mass is 654 g/mol. The van der Waals surface area contributed by atoms with Gasteiger partial charge in [0, 0.05) is 46.6 Å². The predicted octanol–water partition coefficient (Wildman–Crippen LogP) is 3.06. The summed E-state index contributed by atoms with van der Waals surface area (Å²) >= 11 is 0. The van der Waals surface area contributed by atoms with Gasteiger partial charge in [-0.2, -0.15) is 0 Å². The van der Waals surface area contributed by atoms with Crippen LogP contribution in [0.15, 0.2) is 54.7 Å². The number of aromatic nitrogens is 2. The number of ketones is 1. The van der Waals surface area contributed by atoms with Gasteiger partial charge in [0.1, 0.15) is 18.5 Å². The van der Waals surface area contributed by atoms with Crippen molar-refractivity contribution >= 4 is 29.7 Å². The number of hydrogen-bond acceptors (Lipinski definition) is 12. The second-order valence-electron chi connectivity index (χ2n) is 11.0. The Morgan fingerprint density at radius 3 is 1.89 bits per heavy atom. The van der Waals surface area contributed by atoms with E-state index in [1.165, 1.54) is 18.3 Å². The van der Waals surface area contributed by atoms with Crippen LogP contribution in [0.4, 0.5) is 4.39 Å². The lowest BCUT2D eigenvalue weighted by molar-refractivity contribution is -0.349. The summed E-state index contributed by atoms with van der Waals surface area (Å²) in [6, 6.07) is 13.8. The minimum atomic E-state index is -2.52. The number of rotatable bonds is 11. The minimum absolute atomic E-state index is 0.324. The van der Waals surface area contributed by atoms with Gasteiger partial charge in [0.15, 0.2) is 12.2 Å². The first-order chi connectivity index (χ1) is 22.2. The van der Waals surface area contributed by atoms with E-state index in [1.807, 2.05) is 24.3 Å². The standard InChI is InChI=1S/C33H35FN2O11/c1-18-27(15-24-7-9-25(10-8-24)26-11-13-28(34)14-12-26)16-35-36(18)47-33(19(2)37)32(45-23(6)41)31(44-22(5)40)30(43-21(4)39)29(46-33)17-42-20(3)38/h7-14,16,29-32H,15,17H2,1-6H3/t29-,30-,31+,32-,33+/m1/s1. The van der Waals surface area contributed by atoms with Gasteiger partial charge in [0.25, 0.3) is 0 Å². The minimum Gasteiger partial charge on any atom is -0.463 e. The van der Waals surface area contributed by atoms with Crippen molar-refractivity contribution in [1.29, 1.82) is 0 Å². The fraction of sp³-hybridized carbons (Fsp3) is 0.394. The highest BCUT2D eigenvalue weighted by Crippen LogP contribution is 2.37. The number of carbonyl (C=O) groups excluding carboxylic acids is 5. The molecule has 47 heavy (non-hydrogen) atoms. The molecule has 0 bridgehead atoms. The van der Waals surface area contributed by atoms with Crippen LogP contribution in [0.5, 0.6) is 0 Å². The molecule has 250 valence electrons. The van der Waals surface area contributed by atoms with Crippen LogP contribution in [-0.4, -0.2) is 76.4 Å². The fourth-order valence-electron chi connectivity index (χ4n) is 5.18. The Morgan fingerprint density at radius 1 is 0.809 bits per heavy atom.